The summed E-state index contributed by atoms with van der Waals surface area (Å²) in [6, 6.07) is 7.18. The lowest BCUT2D eigenvalue weighted by atomic mass is 10.1. The molecule has 1 aromatic rings. The number of nitrogens with zero attached hydrogens (tertiary/aromatic N) is 1. The van der Waals surface area contributed by atoms with E-state index in [4.69, 9.17) is 0 Å². The number of benzene rings is 1. The van der Waals surface area contributed by atoms with E-state index in [9.17, 15) is 9.59 Å². The minimum atomic E-state index is -0.197. The van der Waals surface area contributed by atoms with E-state index in [0.29, 0.717) is 18.5 Å². The van der Waals surface area contributed by atoms with Crippen LogP contribution in [0.5, 0.6) is 0 Å². The smallest absolute Gasteiger partial charge is 0.261 e. The van der Waals surface area contributed by atoms with Crippen LogP contribution in [0.3, 0.4) is 0 Å². The summed E-state index contributed by atoms with van der Waals surface area (Å²) in [5.41, 5.74) is 0.553. The summed E-state index contributed by atoms with van der Waals surface area (Å²) >= 11 is 3.32. The molecule has 3 nitrogen and oxygen atoms in total. The second-order valence-corrected chi connectivity index (χ2v) is 4.64. The zero-order chi connectivity index (χ0) is 11.5. The van der Waals surface area contributed by atoms with Crippen LogP contribution in [0.15, 0.2) is 28.7 Å². The largest absolute Gasteiger partial charge is 0.278 e. The topological polar surface area (TPSA) is 37.4 Å². The molecule has 1 saturated heterocycles. The molecule has 0 spiro atoms. The highest BCUT2D eigenvalue weighted by molar-refractivity contribution is 9.10. The number of amides is 2. The average molecular weight is 282 g/mol. The predicted octanol–water partition coefficient (Wildman–Crippen LogP) is 2.60. The van der Waals surface area contributed by atoms with Crippen molar-refractivity contribution in [2.75, 3.05) is 6.54 Å². The predicted molar refractivity (Wildman–Crippen MR) is 64.0 cm³/mol. The van der Waals surface area contributed by atoms with Crippen molar-refractivity contribution in [3.05, 3.63) is 34.3 Å². The summed E-state index contributed by atoms with van der Waals surface area (Å²) in [5, 5.41) is 0. The first kappa shape index (κ1) is 11.3. The Kier molecular flexibility index (Phi) is 3.39. The third-order valence-electron chi connectivity index (χ3n) is 2.67. The molecule has 2 amide bonds. The Morgan fingerprint density at radius 1 is 1.25 bits per heavy atom. The molecule has 0 aliphatic carbocycles. The molecule has 1 aromatic carbocycles. The van der Waals surface area contributed by atoms with Crippen molar-refractivity contribution in [2.45, 2.75) is 19.3 Å². The van der Waals surface area contributed by atoms with Gasteiger partial charge in [-0.3, -0.25) is 14.5 Å². The molecular formula is C12H12BrNO2. The van der Waals surface area contributed by atoms with Gasteiger partial charge in [0.25, 0.3) is 5.91 Å². The van der Waals surface area contributed by atoms with Gasteiger partial charge >= 0.3 is 0 Å². The minimum absolute atomic E-state index is 0.0630. The van der Waals surface area contributed by atoms with Crippen molar-refractivity contribution >= 4 is 27.7 Å². The zero-order valence-electron chi connectivity index (χ0n) is 8.78. The van der Waals surface area contributed by atoms with Crippen LogP contribution < -0.4 is 0 Å². The van der Waals surface area contributed by atoms with Crippen molar-refractivity contribution in [1.82, 2.24) is 4.90 Å². The molecule has 84 valence electrons. The molecule has 0 radical (unpaired) electrons. The van der Waals surface area contributed by atoms with E-state index < -0.39 is 0 Å². The molecule has 0 atom stereocenters. The van der Waals surface area contributed by atoms with E-state index in [2.05, 4.69) is 15.9 Å². The highest BCUT2D eigenvalue weighted by Crippen LogP contribution is 2.20. The second kappa shape index (κ2) is 4.78. The Bertz CT molecular complexity index is 431. The maximum atomic E-state index is 12.1. The number of carbonyl (C=O) groups excluding carboxylic acids is 2. The zero-order valence-corrected chi connectivity index (χ0v) is 10.4. The van der Waals surface area contributed by atoms with Crippen LogP contribution in [0.4, 0.5) is 0 Å². The first-order valence-electron chi connectivity index (χ1n) is 5.29. The standard InChI is InChI=1S/C12H12BrNO2/c13-10-6-2-1-5-9(10)12(16)14-8-4-3-7-11(14)15/h1-2,5-6H,3-4,7-8H2. The molecule has 1 heterocycles. The van der Waals surface area contributed by atoms with Crippen LogP contribution in [0.25, 0.3) is 0 Å². The Balaban J connectivity index is 2.25. The fraction of sp³-hybridized carbons (Fsp3) is 0.333. The number of hydrogen-bond acceptors (Lipinski definition) is 2. The molecular weight excluding hydrogens is 270 g/mol. The molecule has 1 aliphatic rings. The quantitative estimate of drug-likeness (QED) is 0.742. The maximum Gasteiger partial charge on any atom is 0.261 e. The molecule has 0 unspecified atom stereocenters. The number of piperidine rings is 1. The van der Waals surface area contributed by atoms with Crippen LogP contribution in [0.1, 0.15) is 29.6 Å². The molecule has 16 heavy (non-hydrogen) atoms. The Hall–Kier alpha value is -1.16. The summed E-state index contributed by atoms with van der Waals surface area (Å²) < 4.78 is 0.735. The van der Waals surface area contributed by atoms with Crippen LogP contribution in [-0.2, 0) is 4.79 Å². The van der Waals surface area contributed by atoms with Crippen molar-refractivity contribution in [3.8, 4) is 0 Å². The number of halogens is 1. The van der Waals surface area contributed by atoms with Gasteiger partial charge in [-0.2, -0.15) is 0 Å². The number of hydrogen-bond donors (Lipinski definition) is 0. The van der Waals surface area contributed by atoms with E-state index in [-0.39, 0.29) is 11.8 Å². The molecule has 0 saturated carbocycles. The van der Waals surface area contributed by atoms with Crippen LogP contribution in [-0.4, -0.2) is 23.3 Å². The van der Waals surface area contributed by atoms with Gasteiger partial charge in [0.15, 0.2) is 0 Å². The summed E-state index contributed by atoms with van der Waals surface area (Å²) in [4.78, 5) is 25.1. The first-order chi connectivity index (χ1) is 7.70. The van der Waals surface area contributed by atoms with Crippen LogP contribution >= 0.6 is 15.9 Å². The minimum Gasteiger partial charge on any atom is -0.278 e. The van der Waals surface area contributed by atoms with Gasteiger partial charge in [-0.25, -0.2) is 0 Å². The van der Waals surface area contributed by atoms with Gasteiger partial charge in [0.05, 0.1) is 5.56 Å². The second-order valence-electron chi connectivity index (χ2n) is 3.79. The highest BCUT2D eigenvalue weighted by atomic mass is 79.9. The molecule has 0 bridgehead atoms. The molecule has 0 N–H and O–H groups in total. The fourth-order valence-electron chi connectivity index (χ4n) is 1.80. The lowest BCUT2D eigenvalue weighted by molar-refractivity contribution is -0.130. The summed E-state index contributed by atoms with van der Waals surface area (Å²) in [7, 11) is 0. The van der Waals surface area contributed by atoms with E-state index in [1.165, 1.54) is 4.90 Å². The number of carbonyl (C=O) groups is 2. The fourth-order valence-corrected chi connectivity index (χ4v) is 2.26. The lowest BCUT2D eigenvalue weighted by Gasteiger charge is -2.25. The van der Waals surface area contributed by atoms with Crippen molar-refractivity contribution < 1.29 is 9.59 Å². The molecule has 0 aromatic heterocycles. The van der Waals surface area contributed by atoms with E-state index in [1.807, 2.05) is 12.1 Å². The van der Waals surface area contributed by atoms with Gasteiger partial charge in [-0.15, -0.1) is 0 Å². The Morgan fingerprint density at radius 3 is 2.69 bits per heavy atom. The monoisotopic (exact) mass is 281 g/mol. The summed E-state index contributed by atoms with van der Waals surface area (Å²) in [6.07, 6.45) is 2.27. The highest BCUT2D eigenvalue weighted by Gasteiger charge is 2.26. The van der Waals surface area contributed by atoms with Gasteiger partial charge in [-0.05, 0) is 40.9 Å². The average Bonchev–Trinajstić information content (AvgIpc) is 2.29. The normalized spacial score (nSPS) is 16.3. The first-order valence-corrected chi connectivity index (χ1v) is 6.08. The lowest BCUT2D eigenvalue weighted by Crippen LogP contribution is -2.40. The van der Waals surface area contributed by atoms with E-state index in [1.54, 1.807) is 12.1 Å². The molecule has 1 fully saturated rings. The molecule has 4 heteroatoms. The van der Waals surface area contributed by atoms with Crippen molar-refractivity contribution in [3.63, 3.8) is 0 Å². The van der Waals surface area contributed by atoms with Gasteiger partial charge in [0.2, 0.25) is 5.91 Å². The molecule has 1 aliphatic heterocycles. The summed E-state index contributed by atoms with van der Waals surface area (Å²) in [6.45, 7) is 0.541. The maximum absolute atomic E-state index is 12.1. The third kappa shape index (κ3) is 2.16. The van der Waals surface area contributed by atoms with Gasteiger partial charge < -0.3 is 0 Å². The molecule has 2 rings (SSSR count). The van der Waals surface area contributed by atoms with Gasteiger partial charge in [0.1, 0.15) is 0 Å². The van der Waals surface area contributed by atoms with Gasteiger partial charge in [-0.1, -0.05) is 12.1 Å². The van der Waals surface area contributed by atoms with Crippen molar-refractivity contribution in [1.29, 1.82) is 0 Å². The van der Waals surface area contributed by atoms with E-state index in [0.717, 1.165) is 17.3 Å². The third-order valence-corrected chi connectivity index (χ3v) is 3.36. The van der Waals surface area contributed by atoms with Crippen LogP contribution in [0.2, 0.25) is 0 Å². The Morgan fingerprint density at radius 2 is 2.00 bits per heavy atom. The Labute approximate surface area is 103 Å². The van der Waals surface area contributed by atoms with Crippen LogP contribution in [0, 0.1) is 0 Å². The summed E-state index contributed by atoms with van der Waals surface area (Å²) in [5.74, 6) is -0.260. The SMILES string of the molecule is O=C1CCCCN1C(=O)c1ccccc1Br. The number of imide groups is 1. The number of likely N-dealkylation sites (tertiary alicyclic amines) is 1. The van der Waals surface area contributed by atoms with Gasteiger partial charge in [0, 0.05) is 17.4 Å². The van der Waals surface area contributed by atoms with Crippen molar-refractivity contribution in [2.24, 2.45) is 0 Å². The van der Waals surface area contributed by atoms with E-state index >= 15 is 0 Å². The number of rotatable bonds is 1.